The standard InChI is InChI=1S/C10H11ClN2O3/c11-8-3-1-7(2-4-8)5-13(10(12)16)9(15)6-14/h1-4,14H,5-6H2,(H2,12,16). The van der Waals surface area contributed by atoms with Crippen LogP contribution in [0, 0.1) is 0 Å². The van der Waals surface area contributed by atoms with Crippen molar-refractivity contribution in [2.45, 2.75) is 6.54 Å². The number of hydrogen-bond donors (Lipinski definition) is 2. The Balaban J connectivity index is 2.80. The first-order valence-corrected chi connectivity index (χ1v) is 4.87. The number of carbonyl (C=O) groups is 2. The summed E-state index contributed by atoms with van der Waals surface area (Å²) in [5.41, 5.74) is 5.72. The first-order valence-electron chi connectivity index (χ1n) is 4.49. The molecule has 1 aromatic rings. The molecular weight excluding hydrogens is 232 g/mol. The fourth-order valence-corrected chi connectivity index (χ4v) is 1.27. The minimum absolute atomic E-state index is 0.0197. The summed E-state index contributed by atoms with van der Waals surface area (Å²) in [5.74, 6) is -0.734. The van der Waals surface area contributed by atoms with E-state index in [4.69, 9.17) is 22.4 Å². The molecular formula is C10H11ClN2O3. The van der Waals surface area contributed by atoms with Crippen molar-refractivity contribution in [1.82, 2.24) is 4.90 Å². The second kappa shape index (κ2) is 5.48. The second-order valence-corrected chi connectivity index (χ2v) is 3.54. The molecule has 0 aliphatic rings. The average Bonchev–Trinajstić information content (AvgIpc) is 2.27. The van der Waals surface area contributed by atoms with Gasteiger partial charge >= 0.3 is 6.03 Å². The number of hydrogen-bond acceptors (Lipinski definition) is 3. The molecule has 5 nitrogen and oxygen atoms in total. The second-order valence-electron chi connectivity index (χ2n) is 3.10. The SMILES string of the molecule is NC(=O)N(Cc1ccc(Cl)cc1)C(=O)CO. The Morgan fingerprint density at radius 1 is 1.31 bits per heavy atom. The maximum atomic E-state index is 11.2. The fourth-order valence-electron chi connectivity index (χ4n) is 1.15. The lowest BCUT2D eigenvalue weighted by molar-refractivity contribution is -0.131. The Bertz CT molecular complexity index is 392. The molecule has 0 aliphatic carbocycles. The third-order valence-corrected chi connectivity index (χ3v) is 2.21. The van der Waals surface area contributed by atoms with Crippen molar-refractivity contribution >= 4 is 23.5 Å². The minimum atomic E-state index is -0.894. The van der Waals surface area contributed by atoms with Crippen molar-refractivity contribution in [2.75, 3.05) is 6.61 Å². The number of carbonyl (C=O) groups excluding carboxylic acids is 2. The van der Waals surface area contributed by atoms with Crippen molar-refractivity contribution in [3.8, 4) is 0 Å². The van der Waals surface area contributed by atoms with Gasteiger partial charge in [-0.05, 0) is 17.7 Å². The van der Waals surface area contributed by atoms with Gasteiger partial charge in [-0.15, -0.1) is 0 Å². The number of aliphatic hydroxyl groups excluding tert-OH is 1. The molecule has 0 spiro atoms. The van der Waals surface area contributed by atoms with Crippen LogP contribution in [0.5, 0.6) is 0 Å². The van der Waals surface area contributed by atoms with E-state index in [1.165, 1.54) is 0 Å². The summed E-state index contributed by atoms with van der Waals surface area (Å²) in [6, 6.07) is 5.72. The quantitative estimate of drug-likeness (QED) is 0.820. The molecule has 0 aromatic heterocycles. The number of halogens is 1. The lowest BCUT2D eigenvalue weighted by atomic mass is 10.2. The van der Waals surface area contributed by atoms with Crippen LogP contribution in [0.25, 0.3) is 0 Å². The number of nitrogens with two attached hydrogens (primary N) is 1. The molecule has 0 radical (unpaired) electrons. The van der Waals surface area contributed by atoms with Crippen molar-refractivity contribution < 1.29 is 14.7 Å². The number of aliphatic hydroxyl groups is 1. The maximum Gasteiger partial charge on any atom is 0.321 e. The van der Waals surface area contributed by atoms with Gasteiger partial charge in [0.25, 0.3) is 5.91 Å². The number of imide groups is 1. The summed E-state index contributed by atoms with van der Waals surface area (Å²) in [6.45, 7) is -0.734. The molecule has 3 amide bonds. The Labute approximate surface area is 97.4 Å². The van der Waals surface area contributed by atoms with Crippen LogP contribution in [0.3, 0.4) is 0 Å². The van der Waals surface area contributed by atoms with Crippen molar-refractivity contribution in [1.29, 1.82) is 0 Å². The van der Waals surface area contributed by atoms with E-state index in [2.05, 4.69) is 0 Å². The van der Waals surface area contributed by atoms with Crippen LogP contribution >= 0.6 is 11.6 Å². The summed E-state index contributed by atoms with van der Waals surface area (Å²) < 4.78 is 0. The summed E-state index contributed by atoms with van der Waals surface area (Å²) in [6.07, 6.45) is 0. The molecule has 0 bridgehead atoms. The largest absolute Gasteiger partial charge is 0.387 e. The lowest BCUT2D eigenvalue weighted by Crippen LogP contribution is -2.41. The molecule has 0 saturated heterocycles. The summed E-state index contributed by atoms with van der Waals surface area (Å²) in [7, 11) is 0. The van der Waals surface area contributed by atoms with Gasteiger partial charge in [-0.2, -0.15) is 0 Å². The molecule has 3 N–H and O–H groups in total. The third kappa shape index (κ3) is 3.22. The Kier molecular flexibility index (Phi) is 4.28. The monoisotopic (exact) mass is 242 g/mol. The third-order valence-electron chi connectivity index (χ3n) is 1.96. The normalized spacial score (nSPS) is 9.88. The Morgan fingerprint density at radius 2 is 1.88 bits per heavy atom. The minimum Gasteiger partial charge on any atom is -0.387 e. The Morgan fingerprint density at radius 3 is 2.31 bits per heavy atom. The van der Waals surface area contributed by atoms with E-state index in [1.54, 1.807) is 24.3 Å². The van der Waals surface area contributed by atoms with E-state index >= 15 is 0 Å². The molecule has 1 aromatic carbocycles. The molecule has 16 heavy (non-hydrogen) atoms. The van der Waals surface area contributed by atoms with Crippen LogP contribution < -0.4 is 5.73 Å². The highest BCUT2D eigenvalue weighted by Crippen LogP contribution is 2.11. The number of nitrogens with zero attached hydrogens (tertiary/aromatic N) is 1. The van der Waals surface area contributed by atoms with Gasteiger partial charge in [-0.1, -0.05) is 23.7 Å². The van der Waals surface area contributed by atoms with Gasteiger partial charge in [-0.25, -0.2) is 4.79 Å². The van der Waals surface area contributed by atoms with Gasteiger partial charge in [0.15, 0.2) is 0 Å². The van der Waals surface area contributed by atoms with Gasteiger partial charge in [0.1, 0.15) is 6.61 Å². The van der Waals surface area contributed by atoms with Gasteiger partial charge in [-0.3, -0.25) is 9.69 Å². The maximum absolute atomic E-state index is 11.2. The van der Waals surface area contributed by atoms with Crippen LogP contribution in [-0.2, 0) is 11.3 Å². The zero-order valence-electron chi connectivity index (χ0n) is 8.39. The van der Waals surface area contributed by atoms with Crippen LogP contribution in [0.15, 0.2) is 24.3 Å². The van der Waals surface area contributed by atoms with Gasteiger partial charge in [0.05, 0.1) is 6.54 Å². The predicted molar refractivity (Wildman–Crippen MR) is 58.7 cm³/mol. The first kappa shape index (κ1) is 12.5. The molecule has 0 heterocycles. The highest BCUT2D eigenvalue weighted by molar-refractivity contribution is 6.30. The number of primary amides is 1. The number of benzene rings is 1. The summed E-state index contributed by atoms with van der Waals surface area (Å²) in [4.78, 5) is 22.9. The van der Waals surface area contributed by atoms with Crippen LogP contribution in [0.4, 0.5) is 4.79 Å². The molecule has 86 valence electrons. The smallest absolute Gasteiger partial charge is 0.321 e. The van der Waals surface area contributed by atoms with Gasteiger partial charge < -0.3 is 10.8 Å². The molecule has 1 rings (SSSR count). The lowest BCUT2D eigenvalue weighted by Gasteiger charge is -2.17. The topological polar surface area (TPSA) is 83.6 Å². The summed E-state index contributed by atoms with van der Waals surface area (Å²) >= 11 is 5.69. The van der Waals surface area contributed by atoms with Crippen molar-refractivity contribution in [3.05, 3.63) is 34.9 Å². The number of rotatable bonds is 3. The molecule has 0 aliphatic heterocycles. The van der Waals surface area contributed by atoms with Gasteiger partial charge in [0.2, 0.25) is 0 Å². The van der Waals surface area contributed by atoms with Crippen molar-refractivity contribution in [2.24, 2.45) is 5.73 Å². The molecule has 6 heteroatoms. The van der Waals surface area contributed by atoms with E-state index in [1.807, 2.05) is 0 Å². The van der Waals surface area contributed by atoms with Crippen LogP contribution in [-0.4, -0.2) is 28.6 Å². The van der Waals surface area contributed by atoms with E-state index < -0.39 is 18.5 Å². The first-order chi connectivity index (χ1) is 7.54. The predicted octanol–water partition coefficient (Wildman–Crippen LogP) is 0.740. The zero-order chi connectivity index (χ0) is 12.1. The Hall–Kier alpha value is -1.59. The number of urea groups is 1. The average molecular weight is 243 g/mol. The fraction of sp³-hybridized carbons (Fsp3) is 0.200. The van der Waals surface area contributed by atoms with Crippen LogP contribution in [0.2, 0.25) is 5.02 Å². The highest BCUT2D eigenvalue weighted by Gasteiger charge is 2.17. The van der Waals surface area contributed by atoms with E-state index in [-0.39, 0.29) is 6.54 Å². The zero-order valence-corrected chi connectivity index (χ0v) is 9.15. The van der Waals surface area contributed by atoms with Crippen molar-refractivity contribution in [3.63, 3.8) is 0 Å². The molecule has 0 fully saturated rings. The highest BCUT2D eigenvalue weighted by atomic mass is 35.5. The summed E-state index contributed by atoms with van der Waals surface area (Å²) in [5, 5.41) is 9.21. The van der Waals surface area contributed by atoms with Gasteiger partial charge in [0, 0.05) is 5.02 Å². The van der Waals surface area contributed by atoms with E-state index in [0.717, 1.165) is 4.90 Å². The molecule has 0 saturated carbocycles. The molecule has 0 atom stereocenters. The van der Waals surface area contributed by atoms with Crippen LogP contribution in [0.1, 0.15) is 5.56 Å². The number of amides is 3. The van der Waals surface area contributed by atoms with E-state index in [0.29, 0.717) is 10.6 Å². The van der Waals surface area contributed by atoms with E-state index in [9.17, 15) is 9.59 Å². The molecule has 0 unspecified atom stereocenters.